The van der Waals surface area contributed by atoms with Crippen molar-refractivity contribution in [2.75, 3.05) is 0 Å². The predicted octanol–water partition coefficient (Wildman–Crippen LogP) is 11.8. The minimum Gasteiger partial charge on any atom is -0.488 e. The van der Waals surface area contributed by atoms with Gasteiger partial charge in [0.2, 0.25) is 0 Å². The highest BCUT2D eigenvalue weighted by atomic mass is 16.5. The smallest absolute Gasteiger partial charge is 0.120 e. The molecule has 0 saturated heterocycles. The van der Waals surface area contributed by atoms with E-state index in [-0.39, 0.29) is 16.8 Å². The summed E-state index contributed by atoms with van der Waals surface area (Å²) in [4.78, 5) is 0. The van der Waals surface area contributed by atoms with Crippen molar-refractivity contribution in [1.82, 2.24) is 0 Å². The predicted molar refractivity (Wildman–Crippen MR) is 192 cm³/mol. The molecule has 0 fully saturated rings. The van der Waals surface area contributed by atoms with Crippen molar-refractivity contribution in [2.45, 2.75) is 85.5 Å². The van der Waals surface area contributed by atoms with Crippen LogP contribution in [0.3, 0.4) is 0 Å². The molecule has 6 rings (SSSR count). The maximum absolute atomic E-state index is 6.22. The van der Waals surface area contributed by atoms with Crippen LogP contribution in [0, 0.1) is 0 Å². The van der Waals surface area contributed by atoms with Crippen LogP contribution >= 0.6 is 0 Å². The second kappa shape index (κ2) is 11.7. The Balaban J connectivity index is 1.59. The summed E-state index contributed by atoms with van der Waals surface area (Å²) in [6.07, 6.45) is 0.887. The fraction of sp³-hybridized carbons (Fsp3) is 0.302. The molecule has 0 aromatic heterocycles. The Morgan fingerprint density at radius 2 is 0.826 bits per heavy atom. The highest BCUT2D eigenvalue weighted by molar-refractivity contribution is 6.01. The molecular formula is C43H46O3. The molecule has 46 heavy (non-hydrogen) atoms. The van der Waals surface area contributed by atoms with Crippen LogP contribution < -0.4 is 14.2 Å². The average Bonchev–Trinajstić information content (AvgIpc) is 3.34. The van der Waals surface area contributed by atoms with Gasteiger partial charge in [-0.2, -0.15) is 0 Å². The zero-order valence-electron chi connectivity index (χ0n) is 28.7. The summed E-state index contributed by atoms with van der Waals surface area (Å²) in [6, 6.07) is 37.0. The zero-order chi connectivity index (χ0) is 32.9. The van der Waals surface area contributed by atoms with Crippen molar-refractivity contribution < 1.29 is 14.2 Å². The van der Waals surface area contributed by atoms with Crippen molar-refractivity contribution in [2.24, 2.45) is 0 Å². The molecule has 0 spiro atoms. The molecule has 3 nitrogen and oxygen atoms in total. The third-order valence-corrected chi connectivity index (χ3v) is 7.83. The normalized spacial score (nSPS) is 12.8. The molecule has 5 aromatic carbocycles. The number of hydrogen-bond donors (Lipinski definition) is 0. The van der Waals surface area contributed by atoms with Gasteiger partial charge in [0, 0.05) is 0 Å². The van der Waals surface area contributed by atoms with Gasteiger partial charge in [0.25, 0.3) is 0 Å². The van der Waals surface area contributed by atoms with Crippen LogP contribution in [0.1, 0.15) is 73.4 Å². The number of hydrogen-bond acceptors (Lipinski definition) is 3. The molecule has 0 unspecified atom stereocenters. The first-order chi connectivity index (χ1) is 21.6. The van der Waals surface area contributed by atoms with E-state index in [1.54, 1.807) is 0 Å². The molecule has 0 heterocycles. The molecule has 0 N–H and O–H groups in total. The third-order valence-electron chi connectivity index (χ3n) is 7.83. The van der Waals surface area contributed by atoms with Gasteiger partial charge >= 0.3 is 0 Å². The lowest BCUT2D eigenvalue weighted by atomic mass is 9.82. The van der Waals surface area contributed by atoms with Crippen LogP contribution in [0.4, 0.5) is 0 Å². The van der Waals surface area contributed by atoms with Crippen LogP contribution in [-0.4, -0.2) is 16.8 Å². The number of fused-ring (bicyclic) bond motifs is 3. The first-order valence-corrected chi connectivity index (χ1v) is 16.3. The van der Waals surface area contributed by atoms with Gasteiger partial charge < -0.3 is 14.2 Å². The summed E-state index contributed by atoms with van der Waals surface area (Å²) < 4.78 is 18.6. The van der Waals surface area contributed by atoms with Crippen LogP contribution in [0.5, 0.6) is 17.2 Å². The second-order valence-electron chi connectivity index (χ2n) is 15.3. The highest BCUT2D eigenvalue weighted by Crippen LogP contribution is 2.51. The summed E-state index contributed by atoms with van der Waals surface area (Å²) >= 11 is 0. The summed E-state index contributed by atoms with van der Waals surface area (Å²) in [5.41, 5.74) is 11.6. The minimum absolute atomic E-state index is 0.267. The quantitative estimate of drug-likeness (QED) is 0.188. The van der Waals surface area contributed by atoms with Crippen molar-refractivity contribution in [3.63, 3.8) is 0 Å². The van der Waals surface area contributed by atoms with Gasteiger partial charge in [-0.1, -0.05) is 60.7 Å². The van der Waals surface area contributed by atoms with E-state index in [0.29, 0.717) is 0 Å². The van der Waals surface area contributed by atoms with Gasteiger partial charge in [-0.15, -0.1) is 0 Å². The topological polar surface area (TPSA) is 27.7 Å². The molecule has 5 aromatic rings. The van der Waals surface area contributed by atoms with Gasteiger partial charge in [-0.05, 0) is 167 Å². The Bertz CT molecular complexity index is 1840. The Kier molecular flexibility index (Phi) is 8.01. The lowest BCUT2D eigenvalue weighted by Gasteiger charge is -2.24. The van der Waals surface area contributed by atoms with Gasteiger partial charge in [0.1, 0.15) is 34.1 Å². The summed E-state index contributed by atoms with van der Waals surface area (Å²) in [6.45, 7) is 18.7. The van der Waals surface area contributed by atoms with E-state index >= 15 is 0 Å². The van der Waals surface area contributed by atoms with E-state index in [1.807, 2.05) is 0 Å². The molecule has 0 aliphatic heterocycles. The minimum atomic E-state index is -0.273. The Morgan fingerprint density at radius 3 is 1.28 bits per heavy atom. The summed E-state index contributed by atoms with van der Waals surface area (Å²) in [7, 11) is 0. The highest BCUT2D eigenvalue weighted by Gasteiger charge is 2.28. The Hall–Kier alpha value is -4.50. The monoisotopic (exact) mass is 610 g/mol. The zero-order valence-corrected chi connectivity index (χ0v) is 28.7. The molecular weight excluding hydrogens is 564 g/mol. The Labute approximate surface area is 275 Å². The van der Waals surface area contributed by atoms with Crippen LogP contribution in [0.25, 0.3) is 44.5 Å². The number of benzene rings is 5. The first-order valence-electron chi connectivity index (χ1n) is 16.3. The van der Waals surface area contributed by atoms with Crippen molar-refractivity contribution >= 4 is 0 Å². The molecule has 0 amide bonds. The van der Waals surface area contributed by atoms with E-state index < -0.39 is 0 Å². The van der Waals surface area contributed by atoms with E-state index in [0.717, 1.165) is 34.8 Å². The maximum atomic E-state index is 6.22. The lowest BCUT2D eigenvalue weighted by molar-refractivity contribution is 0.130. The lowest BCUT2D eigenvalue weighted by Crippen LogP contribution is -2.22. The van der Waals surface area contributed by atoms with E-state index in [9.17, 15) is 0 Å². The van der Waals surface area contributed by atoms with Crippen molar-refractivity contribution in [3.8, 4) is 61.8 Å². The fourth-order valence-electron chi connectivity index (χ4n) is 6.26. The van der Waals surface area contributed by atoms with E-state index in [4.69, 9.17) is 14.2 Å². The first kappa shape index (κ1) is 31.5. The van der Waals surface area contributed by atoms with Crippen molar-refractivity contribution in [1.29, 1.82) is 0 Å². The number of rotatable bonds is 6. The largest absolute Gasteiger partial charge is 0.488 e. The van der Waals surface area contributed by atoms with Gasteiger partial charge in [0.15, 0.2) is 0 Å². The molecule has 236 valence electrons. The van der Waals surface area contributed by atoms with Crippen LogP contribution in [0.15, 0.2) is 103 Å². The molecule has 1 aliphatic rings. The standard InChI is InChI=1S/C43H46O3/c1-41(2,3)44-32-20-14-28(15-21-32)36-27-37-35-13-11-10-12-31(35)26-38(37)40(30-18-24-34(25-19-30)46-43(7,8)9)39(36)29-16-22-33(23-17-29)45-42(4,5)6/h10-25,27H,26H2,1-9H3. The SMILES string of the molecule is CC(C)(C)Oc1ccc(-c2cc3c(c(-c4ccc(OC(C)(C)C)cc4)c2-c2ccc(OC(C)(C)C)cc2)Cc2ccccc2-3)cc1. The molecule has 0 bridgehead atoms. The average molecular weight is 611 g/mol. The van der Waals surface area contributed by atoms with Gasteiger partial charge in [0.05, 0.1) is 0 Å². The summed E-state index contributed by atoms with van der Waals surface area (Å²) in [5, 5.41) is 0. The van der Waals surface area contributed by atoms with Gasteiger partial charge in [-0.3, -0.25) is 0 Å². The Morgan fingerprint density at radius 1 is 0.413 bits per heavy atom. The van der Waals surface area contributed by atoms with Crippen LogP contribution in [-0.2, 0) is 6.42 Å². The van der Waals surface area contributed by atoms with Crippen LogP contribution in [0.2, 0.25) is 0 Å². The molecule has 3 heteroatoms. The summed E-state index contributed by atoms with van der Waals surface area (Å²) in [5.74, 6) is 2.59. The molecule has 0 radical (unpaired) electrons. The molecule has 0 atom stereocenters. The molecule has 0 saturated carbocycles. The van der Waals surface area contributed by atoms with E-state index in [1.165, 1.54) is 44.5 Å². The number of ether oxygens (including phenoxy) is 3. The van der Waals surface area contributed by atoms with Gasteiger partial charge in [-0.25, -0.2) is 0 Å². The third kappa shape index (κ3) is 6.99. The fourth-order valence-corrected chi connectivity index (χ4v) is 6.26. The maximum Gasteiger partial charge on any atom is 0.120 e. The second-order valence-corrected chi connectivity index (χ2v) is 15.3. The van der Waals surface area contributed by atoms with E-state index in [2.05, 4.69) is 165 Å². The molecule has 1 aliphatic carbocycles. The van der Waals surface area contributed by atoms with Crippen molar-refractivity contribution in [3.05, 3.63) is 114 Å².